The van der Waals surface area contributed by atoms with Crippen molar-refractivity contribution in [2.24, 2.45) is 5.73 Å². The summed E-state index contributed by atoms with van der Waals surface area (Å²) in [6, 6.07) is 0. The number of rotatable bonds is 2. The summed E-state index contributed by atoms with van der Waals surface area (Å²) in [5.74, 6) is -1.59. The Labute approximate surface area is 89.3 Å². The summed E-state index contributed by atoms with van der Waals surface area (Å²) in [5.41, 5.74) is 4.70. The molecular weight excluding hydrogens is 198 g/mol. The third-order valence-corrected chi connectivity index (χ3v) is 2.47. The van der Waals surface area contributed by atoms with Crippen molar-refractivity contribution in [1.29, 1.82) is 0 Å². The summed E-state index contributed by atoms with van der Waals surface area (Å²) in [6.07, 6.45) is 4.56. The Bertz CT molecular complexity index is 221. The normalized spacial score (nSPS) is 18.5. The van der Waals surface area contributed by atoms with Crippen LogP contribution in [0.2, 0.25) is 0 Å². The van der Waals surface area contributed by atoms with E-state index in [1.54, 1.807) is 6.92 Å². The summed E-state index contributed by atoms with van der Waals surface area (Å²) in [7, 11) is 0. The van der Waals surface area contributed by atoms with Gasteiger partial charge in [-0.2, -0.15) is 0 Å². The third kappa shape index (κ3) is 5.37. The zero-order valence-electron chi connectivity index (χ0n) is 9.03. The largest absolute Gasteiger partial charge is 0.481 e. The van der Waals surface area contributed by atoms with Crippen LogP contribution >= 0.6 is 0 Å². The third-order valence-electron chi connectivity index (χ3n) is 2.47. The molecule has 0 aromatic heterocycles. The molecule has 1 saturated carbocycles. The van der Waals surface area contributed by atoms with Crippen LogP contribution < -0.4 is 5.73 Å². The fraction of sp³-hybridized carbons (Fsp3) is 0.800. The fourth-order valence-electron chi connectivity index (χ4n) is 1.40. The summed E-state index contributed by atoms with van der Waals surface area (Å²) in [4.78, 5) is 19.9. The van der Waals surface area contributed by atoms with Crippen molar-refractivity contribution in [1.82, 2.24) is 0 Å². The first-order chi connectivity index (χ1) is 6.92. The topological polar surface area (TPSA) is 101 Å². The second kappa shape index (κ2) is 6.40. The van der Waals surface area contributed by atoms with Gasteiger partial charge in [-0.3, -0.25) is 9.59 Å². The molecule has 0 aromatic rings. The summed E-state index contributed by atoms with van der Waals surface area (Å²) >= 11 is 0. The molecule has 4 N–H and O–H groups in total. The first-order valence-electron chi connectivity index (χ1n) is 5.16. The lowest BCUT2D eigenvalue weighted by Gasteiger charge is -2.28. The first kappa shape index (κ1) is 13.9. The number of carboxylic acids is 2. The summed E-state index contributed by atoms with van der Waals surface area (Å²) < 4.78 is 0. The molecule has 0 saturated heterocycles. The molecule has 0 spiro atoms. The lowest BCUT2D eigenvalue weighted by atomic mass is 9.83. The van der Waals surface area contributed by atoms with Crippen molar-refractivity contribution in [3.63, 3.8) is 0 Å². The van der Waals surface area contributed by atoms with Crippen LogP contribution in [0, 0.1) is 0 Å². The molecule has 0 heterocycles. The van der Waals surface area contributed by atoms with Gasteiger partial charge < -0.3 is 15.9 Å². The van der Waals surface area contributed by atoms with Crippen LogP contribution in [-0.2, 0) is 9.59 Å². The highest BCUT2D eigenvalue weighted by Crippen LogP contribution is 2.25. The molecule has 1 aliphatic carbocycles. The number of aliphatic carboxylic acids is 2. The van der Waals surface area contributed by atoms with Crippen LogP contribution in [0.4, 0.5) is 0 Å². The van der Waals surface area contributed by atoms with Crippen molar-refractivity contribution in [3.8, 4) is 0 Å². The van der Waals surface area contributed by atoms with Crippen LogP contribution in [-0.4, -0.2) is 27.7 Å². The maximum absolute atomic E-state index is 10.6. The Hall–Kier alpha value is -1.10. The Morgan fingerprint density at radius 3 is 1.80 bits per heavy atom. The van der Waals surface area contributed by atoms with Crippen LogP contribution in [0.1, 0.15) is 45.4 Å². The molecule has 5 heteroatoms. The predicted molar refractivity (Wildman–Crippen MR) is 55.6 cm³/mol. The Morgan fingerprint density at radius 1 is 1.20 bits per heavy atom. The maximum Gasteiger partial charge on any atom is 0.323 e. The molecule has 0 radical (unpaired) electrons. The second-order valence-electron chi connectivity index (χ2n) is 3.77. The Morgan fingerprint density at radius 2 is 1.60 bits per heavy atom. The van der Waals surface area contributed by atoms with Crippen LogP contribution in [0.25, 0.3) is 0 Å². The van der Waals surface area contributed by atoms with E-state index in [-0.39, 0.29) is 6.42 Å². The Kier molecular flexibility index (Phi) is 5.93. The molecule has 88 valence electrons. The lowest BCUT2D eigenvalue weighted by molar-refractivity contribution is -0.144. The van der Waals surface area contributed by atoms with E-state index in [0.29, 0.717) is 12.8 Å². The number of hydrogen-bond donors (Lipinski definition) is 3. The number of carboxylic acid groups (broad SMARTS) is 2. The molecular formula is C10H19NO4. The van der Waals surface area contributed by atoms with E-state index in [9.17, 15) is 9.59 Å². The molecule has 0 atom stereocenters. The van der Waals surface area contributed by atoms with Crippen molar-refractivity contribution in [2.75, 3.05) is 0 Å². The minimum absolute atomic E-state index is 0.222. The number of hydrogen-bond acceptors (Lipinski definition) is 3. The van der Waals surface area contributed by atoms with Gasteiger partial charge in [-0.1, -0.05) is 26.2 Å². The quantitative estimate of drug-likeness (QED) is 0.645. The van der Waals surface area contributed by atoms with Gasteiger partial charge >= 0.3 is 11.9 Å². The zero-order valence-corrected chi connectivity index (χ0v) is 9.03. The van der Waals surface area contributed by atoms with Crippen molar-refractivity contribution < 1.29 is 19.8 Å². The van der Waals surface area contributed by atoms with Crippen molar-refractivity contribution in [2.45, 2.75) is 51.0 Å². The van der Waals surface area contributed by atoms with Crippen molar-refractivity contribution >= 4 is 11.9 Å². The summed E-state index contributed by atoms with van der Waals surface area (Å²) in [6.45, 7) is 1.60. The number of carbonyl (C=O) groups is 2. The molecule has 0 amide bonds. The van der Waals surface area contributed by atoms with Gasteiger partial charge in [-0.15, -0.1) is 0 Å². The highest BCUT2D eigenvalue weighted by atomic mass is 16.4. The molecule has 0 unspecified atom stereocenters. The highest BCUT2D eigenvalue weighted by molar-refractivity contribution is 5.78. The van der Waals surface area contributed by atoms with Gasteiger partial charge in [0.15, 0.2) is 0 Å². The van der Waals surface area contributed by atoms with Gasteiger partial charge in [-0.05, 0) is 12.8 Å². The molecule has 5 nitrogen and oxygen atoms in total. The lowest BCUT2D eigenvalue weighted by Crippen LogP contribution is -2.49. The maximum atomic E-state index is 10.6. The standard InChI is InChI=1S/C7H13NO2.C3H6O2/c8-7(6(9)10)4-2-1-3-5-7;1-2-3(4)5/h1-5,8H2,(H,9,10);2H2,1H3,(H,4,5). The molecule has 0 aromatic carbocycles. The molecule has 1 rings (SSSR count). The van der Waals surface area contributed by atoms with Gasteiger partial charge in [0, 0.05) is 6.42 Å². The van der Waals surface area contributed by atoms with Gasteiger partial charge in [0.05, 0.1) is 0 Å². The second-order valence-corrected chi connectivity index (χ2v) is 3.77. The monoisotopic (exact) mass is 217 g/mol. The predicted octanol–water partition coefficient (Wildman–Crippen LogP) is 1.21. The summed E-state index contributed by atoms with van der Waals surface area (Å²) in [5, 5.41) is 16.4. The van der Waals surface area contributed by atoms with Crippen LogP contribution in [0.15, 0.2) is 0 Å². The molecule has 1 aliphatic rings. The molecule has 1 fully saturated rings. The highest BCUT2D eigenvalue weighted by Gasteiger charge is 2.34. The number of nitrogens with two attached hydrogens (primary N) is 1. The first-order valence-corrected chi connectivity index (χ1v) is 5.16. The van der Waals surface area contributed by atoms with E-state index < -0.39 is 17.5 Å². The van der Waals surface area contributed by atoms with E-state index in [1.807, 2.05) is 0 Å². The van der Waals surface area contributed by atoms with E-state index in [2.05, 4.69) is 0 Å². The van der Waals surface area contributed by atoms with E-state index >= 15 is 0 Å². The van der Waals surface area contributed by atoms with Gasteiger partial charge in [-0.25, -0.2) is 0 Å². The van der Waals surface area contributed by atoms with Gasteiger partial charge in [0.25, 0.3) is 0 Å². The molecule has 15 heavy (non-hydrogen) atoms. The minimum Gasteiger partial charge on any atom is -0.481 e. The van der Waals surface area contributed by atoms with Crippen LogP contribution in [0.3, 0.4) is 0 Å². The van der Waals surface area contributed by atoms with Gasteiger partial charge in [0.1, 0.15) is 5.54 Å². The molecule has 0 bridgehead atoms. The van der Waals surface area contributed by atoms with Crippen LogP contribution in [0.5, 0.6) is 0 Å². The SMILES string of the molecule is CCC(=O)O.NC1(C(=O)O)CCCCC1. The van der Waals surface area contributed by atoms with Crippen molar-refractivity contribution in [3.05, 3.63) is 0 Å². The van der Waals surface area contributed by atoms with E-state index in [4.69, 9.17) is 15.9 Å². The minimum atomic E-state index is -0.905. The van der Waals surface area contributed by atoms with E-state index in [0.717, 1.165) is 19.3 Å². The Balaban J connectivity index is 0.000000336. The van der Waals surface area contributed by atoms with E-state index in [1.165, 1.54) is 0 Å². The molecule has 0 aliphatic heterocycles. The average Bonchev–Trinajstić information content (AvgIpc) is 2.19. The smallest absolute Gasteiger partial charge is 0.323 e. The fourth-order valence-corrected chi connectivity index (χ4v) is 1.40. The zero-order chi connectivity index (χ0) is 11.9. The van der Waals surface area contributed by atoms with Gasteiger partial charge in [0.2, 0.25) is 0 Å². The average molecular weight is 217 g/mol.